The lowest BCUT2D eigenvalue weighted by Crippen LogP contribution is -2.30. The van der Waals surface area contributed by atoms with E-state index in [4.69, 9.17) is 32.7 Å². The Labute approximate surface area is 180 Å². The maximum absolute atomic E-state index is 12.1. The number of carbonyl (C=O) groups is 1. The molecular weight excluding hydrogens is 411 g/mol. The highest BCUT2D eigenvalue weighted by atomic mass is 35.5. The summed E-state index contributed by atoms with van der Waals surface area (Å²) in [6.07, 6.45) is 1.47. The summed E-state index contributed by atoms with van der Waals surface area (Å²) in [4.78, 5) is 12.1. The van der Waals surface area contributed by atoms with Crippen molar-refractivity contribution in [1.29, 1.82) is 5.26 Å². The summed E-state index contributed by atoms with van der Waals surface area (Å²) in [6.45, 7) is 6.18. The van der Waals surface area contributed by atoms with Crippen molar-refractivity contribution in [3.05, 3.63) is 63.1 Å². The number of ether oxygens (including phenoxy) is 2. The summed E-state index contributed by atoms with van der Waals surface area (Å²) < 4.78 is 11.5. The molecule has 0 bridgehead atoms. The van der Waals surface area contributed by atoms with Crippen LogP contribution in [0.2, 0.25) is 10.0 Å². The Morgan fingerprint density at radius 3 is 2.48 bits per heavy atom. The van der Waals surface area contributed by atoms with E-state index in [1.165, 1.54) is 6.08 Å². The molecule has 5 nitrogen and oxygen atoms in total. The van der Waals surface area contributed by atoms with Gasteiger partial charge in [0.25, 0.3) is 5.91 Å². The van der Waals surface area contributed by atoms with Gasteiger partial charge in [0.05, 0.1) is 11.6 Å². The molecule has 0 radical (unpaired) electrons. The number of rotatable bonds is 8. The lowest BCUT2D eigenvalue weighted by atomic mass is 10.1. The second kappa shape index (κ2) is 10.8. The molecule has 0 saturated carbocycles. The van der Waals surface area contributed by atoms with Crippen LogP contribution in [0, 0.1) is 11.3 Å². The zero-order valence-corrected chi connectivity index (χ0v) is 18.0. The van der Waals surface area contributed by atoms with Crippen LogP contribution in [0.25, 0.3) is 6.08 Å². The third-order valence-corrected chi connectivity index (χ3v) is 4.26. The van der Waals surface area contributed by atoms with Gasteiger partial charge < -0.3 is 14.8 Å². The van der Waals surface area contributed by atoms with Crippen LogP contribution in [-0.4, -0.2) is 18.6 Å². The third-order valence-electron chi connectivity index (χ3n) is 3.72. The molecule has 0 aliphatic carbocycles. The summed E-state index contributed by atoms with van der Waals surface area (Å²) in [6, 6.07) is 12.4. The van der Waals surface area contributed by atoms with Crippen molar-refractivity contribution in [1.82, 2.24) is 5.32 Å². The third kappa shape index (κ3) is 6.70. The van der Waals surface area contributed by atoms with Crippen LogP contribution in [0.1, 0.15) is 31.9 Å². The Balaban J connectivity index is 2.30. The smallest absolute Gasteiger partial charge is 0.262 e. The highest BCUT2D eigenvalue weighted by molar-refractivity contribution is 6.32. The molecule has 2 aromatic rings. The second-order valence-electron chi connectivity index (χ2n) is 6.48. The van der Waals surface area contributed by atoms with E-state index in [1.807, 2.05) is 39.0 Å². The van der Waals surface area contributed by atoms with E-state index in [9.17, 15) is 10.1 Å². The number of carbonyl (C=O) groups excluding carboxylic acids is 1. The molecule has 0 spiro atoms. The van der Waals surface area contributed by atoms with Gasteiger partial charge in [-0.05, 0) is 62.2 Å². The second-order valence-corrected chi connectivity index (χ2v) is 7.32. The van der Waals surface area contributed by atoms with E-state index in [0.29, 0.717) is 33.7 Å². The Kier molecular flexibility index (Phi) is 8.38. The standard InChI is InChI=1S/C22H22Cl2N2O3/c1-4-28-20-11-16(9-17(12-25)22(27)26-14(2)3)10-19(24)21(20)29-13-15-5-7-18(23)8-6-15/h5-11,14H,4,13H2,1-3H3,(H,26,27)/b17-9-. The molecular formula is C22H22Cl2N2O3. The number of benzene rings is 2. The topological polar surface area (TPSA) is 71.3 Å². The van der Waals surface area contributed by atoms with Gasteiger partial charge in [0.2, 0.25) is 0 Å². The van der Waals surface area contributed by atoms with Crippen LogP contribution in [0.5, 0.6) is 11.5 Å². The fraction of sp³-hybridized carbons (Fsp3) is 0.273. The fourth-order valence-corrected chi connectivity index (χ4v) is 2.87. The Bertz CT molecular complexity index is 932. The zero-order valence-electron chi connectivity index (χ0n) is 16.5. The Morgan fingerprint density at radius 1 is 1.21 bits per heavy atom. The summed E-state index contributed by atoms with van der Waals surface area (Å²) in [5, 5.41) is 13.0. The van der Waals surface area contributed by atoms with Gasteiger partial charge in [-0.15, -0.1) is 0 Å². The van der Waals surface area contributed by atoms with Gasteiger partial charge in [-0.2, -0.15) is 5.26 Å². The number of nitrogens with zero attached hydrogens (tertiary/aromatic N) is 1. The first-order valence-corrected chi connectivity index (χ1v) is 9.85. The Hall–Kier alpha value is -2.68. The Morgan fingerprint density at radius 2 is 1.90 bits per heavy atom. The summed E-state index contributed by atoms with van der Waals surface area (Å²) in [5.74, 6) is 0.382. The first kappa shape index (κ1) is 22.6. The first-order valence-electron chi connectivity index (χ1n) is 9.10. The van der Waals surface area contributed by atoms with Gasteiger partial charge in [0, 0.05) is 11.1 Å². The van der Waals surface area contributed by atoms with Gasteiger partial charge in [0.1, 0.15) is 18.2 Å². The molecule has 1 amide bonds. The highest BCUT2D eigenvalue weighted by Gasteiger charge is 2.15. The van der Waals surface area contributed by atoms with E-state index in [0.717, 1.165) is 5.56 Å². The molecule has 152 valence electrons. The number of nitrogens with one attached hydrogen (secondary N) is 1. The van der Waals surface area contributed by atoms with Crippen LogP contribution in [0.3, 0.4) is 0 Å². The van der Waals surface area contributed by atoms with Crippen LogP contribution in [-0.2, 0) is 11.4 Å². The summed E-state index contributed by atoms with van der Waals surface area (Å²) in [5.41, 5.74) is 1.47. The number of halogens is 2. The molecule has 0 aliphatic rings. The summed E-state index contributed by atoms with van der Waals surface area (Å²) in [7, 11) is 0. The van der Waals surface area contributed by atoms with Gasteiger partial charge in [-0.1, -0.05) is 35.3 Å². The minimum absolute atomic E-state index is 0.0213. The number of nitriles is 1. The summed E-state index contributed by atoms with van der Waals surface area (Å²) >= 11 is 12.3. The van der Waals surface area contributed by atoms with Crippen molar-refractivity contribution in [2.45, 2.75) is 33.4 Å². The number of hydrogen-bond donors (Lipinski definition) is 1. The largest absolute Gasteiger partial charge is 0.490 e. The molecule has 7 heteroatoms. The van der Waals surface area contributed by atoms with Crippen LogP contribution in [0.15, 0.2) is 42.0 Å². The van der Waals surface area contributed by atoms with E-state index < -0.39 is 5.91 Å². The molecule has 0 fully saturated rings. The van der Waals surface area contributed by atoms with Gasteiger partial charge >= 0.3 is 0 Å². The van der Waals surface area contributed by atoms with Crippen molar-refractivity contribution in [2.24, 2.45) is 0 Å². The molecule has 0 saturated heterocycles. The molecule has 29 heavy (non-hydrogen) atoms. The monoisotopic (exact) mass is 432 g/mol. The van der Waals surface area contributed by atoms with Gasteiger partial charge in [-0.3, -0.25) is 4.79 Å². The van der Waals surface area contributed by atoms with Crippen LogP contribution < -0.4 is 14.8 Å². The normalized spacial score (nSPS) is 11.1. The van der Waals surface area contributed by atoms with E-state index in [2.05, 4.69) is 5.32 Å². The number of hydrogen-bond acceptors (Lipinski definition) is 4. The first-order chi connectivity index (χ1) is 13.8. The lowest BCUT2D eigenvalue weighted by molar-refractivity contribution is -0.117. The molecule has 0 atom stereocenters. The van der Waals surface area contributed by atoms with Crippen molar-refractivity contribution < 1.29 is 14.3 Å². The minimum atomic E-state index is -0.445. The van der Waals surface area contributed by atoms with Gasteiger partial charge in [0.15, 0.2) is 11.5 Å². The number of amides is 1. The molecule has 0 aromatic heterocycles. The average Bonchev–Trinajstić information content (AvgIpc) is 2.66. The van der Waals surface area contributed by atoms with E-state index in [-0.39, 0.29) is 18.2 Å². The molecule has 0 unspecified atom stereocenters. The SMILES string of the molecule is CCOc1cc(/C=C(/C#N)C(=O)NC(C)C)cc(Cl)c1OCc1ccc(Cl)cc1. The molecule has 0 heterocycles. The molecule has 2 aromatic carbocycles. The average molecular weight is 433 g/mol. The molecule has 1 N–H and O–H groups in total. The fourth-order valence-electron chi connectivity index (χ4n) is 2.47. The van der Waals surface area contributed by atoms with Crippen molar-refractivity contribution in [2.75, 3.05) is 6.61 Å². The van der Waals surface area contributed by atoms with Gasteiger partial charge in [-0.25, -0.2) is 0 Å². The molecule has 2 rings (SSSR count). The van der Waals surface area contributed by atoms with Crippen molar-refractivity contribution >= 4 is 35.2 Å². The maximum Gasteiger partial charge on any atom is 0.262 e. The van der Waals surface area contributed by atoms with Crippen LogP contribution in [0.4, 0.5) is 0 Å². The lowest BCUT2D eigenvalue weighted by Gasteiger charge is -2.15. The van der Waals surface area contributed by atoms with Crippen molar-refractivity contribution in [3.63, 3.8) is 0 Å². The predicted molar refractivity (Wildman–Crippen MR) is 115 cm³/mol. The predicted octanol–water partition coefficient (Wildman–Crippen LogP) is 5.40. The van der Waals surface area contributed by atoms with E-state index >= 15 is 0 Å². The quantitative estimate of drug-likeness (QED) is 0.447. The van der Waals surface area contributed by atoms with Crippen molar-refractivity contribution in [3.8, 4) is 17.6 Å². The van der Waals surface area contributed by atoms with Crippen LogP contribution >= 0.6 is 23.2 Å². The zero-order chi connectivity index (χ0) is 21.4. The van der Waals surface area contributed by atoms with E-state index in [1.54, 1.807) is 24.3 Å². The highest BCUT2D eigenvalue weighted by Crippen LogP contribution is 2.38. The maximum atomic E-state index is 12.1. The minimum Gasteiger partial charge on any atom is -0.490 e. The molecule has 0 aliphatic heterocycles.